The molecule has 0 spiro atoms. The molecule has 1 aromatic heterocycles. The van der Waals surface area contributed by atoms with Crippen LogP contribution in [0.3, 0.4) is 0 Å². The zero-order chi connectivity index (χ0) is 16.4. The molecule has 0 amide bonds. The Morgan fingerprint density at radius 3 is 2.61 bits per heavy atom. The van der Waals surface area contributed by atoms with Gasteiger partial charge in [0.05, 0.1) is 0 Å². The number of hydrogen-bond acceptors (Lipinski definition) is 4. The lowest BCUT2D eigenvalue weighted by Gasteiger charge is -2.09. The lowest BCUT2D eigenvalue weighted by molar-refractivity contribution is 0.570. The minimum Gasteiger partial charge on any atom is -0.280 e. The number of rotatable bonds is 4. The molecule has 6 nitrogen and oxygen atoms in total. The lowest BCUT2D eigenvalue weighted by Crippen LogP contribution is -2.14. The van der Waals surface area contributed by atoms with Crippen LogP contribution in [0.25, 0.3) is 11.4 Å². The van der Waals surface area contributed by atoms with Crippen LogP contribution in [-0.4, -0.2) is 23.6 Å². The molecule has 0 saturated heterocycles. The van der Waals surface area contributed by atoms with E-state index >= 15 is 0 Å². The first kappa shape index (κ1) is 15.2. The molecule has 8 heteroatoms. The molecule has 23 heavy (non-hydrogen) atoms. The van der Waals surface area contributed by atoms with Crippen molar-refractivity contribution in [2.75, 3.05) is 4.72 Å². The first-order valence-corrected chi connectivity index (χ1v) is 8.21. The van der Waals surface area contributed by atoms with Gasteiger partial charge in [-0.15, -0.1) is 0 Å². The van der Waals surface area contributed by atoms with E-state index < -0.39 is 20.7 Å². The number of sulfonamides is 1. The molecule has 1 heterocycles. The van der Waals surface area contributed by atoms with Gasteiger partial charge in [-0.25, -0.2) is 17.8 Å². The molecule has 0 fully saturated rings. The topological polar surface area (TPSA) is 87.7 Å². The van der Waals surface area contributed by atoms with Crippen LogP contribution in [0.2, 0.25) is 0 Å². The van der Waals surface area contributed by atoms with Crippen molar-refractivity contribution in [3.05, 3.63) is 60.2 Å². The molecule has 0 saturated carbocycles. The van der Waals surface area contributed by atoms with Gasteiger partial charge in [0.15, 0.2) is 5.82 Å². The van der Waals surface area contributed by atoms with Crippen molar-refractivity contribution in [2.45, 2.75) is 11.8 Å². The fourth-order valence-corrected chi connectivity index (χ4v) is 3.20. The van der Waals surface area contributed by atoms with Crippen LogP contribution in [0, 0.1) is 12.7 Å². The van der Waals surface area contributed by atoms with Crippen LogP contribution >= 0.6 is 0 Å². The zero-order valence-electron chi connectivity index (χ0n) is 12.1. The van der Waals surface area contributed by atoms with E-state index in [-0.39, 0.29) is 0 Å². The first-order valence-electron chi connectivity index (χ1n) is 6.72. The maximum atomic E-state index is 13.7. The zero-order valence-corrected chi connectivity index (χ0v) is 12.9. The second kappa shape index (κ2) is 5.81. The van der Waals surface area contributed by atoms with Gasteiger partial charge in [-0.05, 0) is 31.2 Å². The van der Waals surface area contributed by atoms with Crippen molar-refractivity contribution in [3.8, 4) is 11.4 Å². The van der Waals surface area contributed by atoms with Gasteiger partial charge in [0, 0.05) is 11.3 Å². The molecule has 0 radical (unpaired) electrons. The van der Waals surface area contributed by atoms with Crippen molar-refractivity contribution in [2.24, 2.45) is 0 Å². The van der Waals surface area contributed by atoms with E-state index in [1.54, 1.807) is 31.2 Å². The Kier molecular flexibility index (Phi) is 3.83. The molecule has 3 aromatic rings. The number of nitrogens with zero attached hydrogens (tertiary/aromatic N) is 2. The maximum Gasteiger partial charge on any atom is 0.264 e. The van der Waals surface area contributed by atoms with Crippen molar-refractivity contribution in [1.82, 2.24) is 15.2 Å². The quantitative estimate of drug-likeness (QED) is 0.769. The van der Waals surface area contributed by atoms with Crippen LogP contribution in [0.15, 0.2) is 53.4 Å². The second-order valence-corrected chi connectivity index (χ2v) is 6.51. The van der Waals surface area contributed by atoms with Gasteiger partial charge in [0.1, 0.15) is 16.5 Å². The Morgan fingerprint density at radius 2 is 1.91 bits per heavy atom. The third-order valence-corrected chi connectivity index (χ3v) is 4.51. The van der Waals surface area contributed by atoms with Gasteiger partial charge in [-0.2, -0.15) is 5.10 Å². The third kappa shape index (κ3) is 3.21. The van der Waals surface area contributed by atoms with E-state index in [0.29, 0.717) is 22.9 Å². The fourth-order valence-electron chi connectivity index (χ4n) is 2.07. The number of anilines is 1. The Labute approximate surface area is 132 Å². The van der Waals surface area contributed by atoms with Crippen molar-refractivity contribution in [3.63, 3.8) is 0 Å². The summed E-state index contributed by atoms with van der Waals surface area (Å²) in [4.78, 5) is 3.78. The number of nitrogens with one attached hydrogen (secondary N) is 2. The number of hydrogen-bond donors (Lipinski definition) is 2. The fraction of sp³-hybridized carbons (Fsp3) is 0.0667. The molecule has 2 N–H and O–H groups in total. The van der Waals surface area contributed by atoms with Gasteiger partial charge in [-0.1, -0.05) is 24.3 Å². The Morgan fingerprint density at radius 1 is 1.13 bits per heavy atom. The van der Waals surface area contributed by atoms with Gasteiger partial charge in [-0.3, -0.25) is 9.82 Å². The van der Waals surface area contributed by atoms with E-state index in [9.17, 15) is 12.8 Å². The highest BCUT2D eigenvalue weighted by atomic mass is 32.2. The number of aromatic nitrogens is 3. The number of aromatic amines is 1. The Hall–Kier alpha value is -2.74. The molecule has 0 bridgehead atoms. The monoisotopic (exact) mass is 332 g/mol. The first-order chi connectivity index (χ1) is 11.0. The predicted octanol–water partition coefficient (Wildman–Crippen LogP) is 2.72. The third-order valence-electron chi connectivity index (χ3n) is 3.10. The van der Waals surface area contributed by atoms with E-state index in [1.165, 1.54) is 18.2 Å². The highest BCUT2D eigenvalue weighted by Gasteiger charge is 2.18. The van der Waals surface area contributed by atoms with Gasteiger partial charge < -0.3 is 0 Å². The van der Waals surface area contributed by atoms with Crippen molar-refractivity contribution < 1.29 is 12.8 Å². The molecule has 118 valence electrons. The number of halogens is 1. The lowest BCUT2D eigenvalue weighted by atomic mass is 10.2. The van der Waals surface area contributed by atoms with Gasteiger partial charge in [0.2, 0.25) is 0 Å². The highest BCUT2D eigenvalue weighted by Crippen LogP contribution is 2.22. The smallest absolute Gasteiger partial charge is 0.264 e. The summed E-state index contributed by atoms with van der Waals surface area (Å²) in [5, 5.41) is 6.74. The van der Waals surface area contributed by atoms with E-state index in [2.05, 4.69) is 19.9 Å². The van der Waals surface area contributed by atoms with Crippen LogP contribution in [0.5, 0.6) is 0 Å². The molecule has 3 rings (SSSR count). The van der Waals surface area contributed by atoms with Crippen LogP contribution < -0.4 is 4.72 Å². The number of aryl methyl sites for hydroxylation is 1. The molecule has 0 aliphatic carbocycles. The van der Waals surface area contributed by atoms with Crippen LogP contribution in [-0.2, 0) is 10.0 Å². The van der Waals surface area contributed by atoms with Crippen molar-refractivity contribution in [1.29, 1.82) is 0 Å². The van der Waals surface area contributed by atoms with Gasteiger partial charge >= 0.3 is 0 Å². The molecular weight excluding hydrogens is 319 g/mol. The number of benzene rings is 2. The minimum absolute atomic E-state index is 0.299. The normalized spacial score (nSPS) is 11.4. The molecule has 0 aliphatic rings. The molecule has 0 atom stereocenters. The van der Waals surface area contributed by atoms with Crippen molar-refractivity contribution >= 4 is 15.7 Å². The molecule has 0 unspecified atom stereocenters. The summed E-state index contributed by atoms with van der Waals surface area (Å²) in [7, 11) is -4.01. The Bertz CT molecular complexity index is 953. The largest absolute Gasteiger partial charge is 0.280 e. The Balaban J connectivity index is 1.93. The van der Waals surface area contributed by atoms with Gasteiger partial charge in [0.25, 0.3) is 10.0 Å². The minimum atomic E-state index is -4.01. The summed E-state index contributed by atoms with van der Waals surface area (Å²) >= 11 is 0. The van der Waals surface area contributed by atoms with Crippen LogP contribution in [0.4, 0.5) is 10.1 Å². The average molecular weight is 332 g/mol. The summed E-state index contributed by atoms with van der Waals surface area (Å²) in [6.07, 6.45) is 0. The number of H-pyrrole nitrogens is 1. The molecular formula is C15H13FN4O2S. The SMILES string of the molecule is Cc1nc(-c2cccc(NS(=O)(=O)c3ccccc3F)c2)n[nH]1. The predicted molar refractivity (Wildman–Crippen MR) is 83.8 cm³/mol. The summed E-state index contributed by atoms with van der Waals surface area (Å²) in [5.41, 5.74) is 0.941. The average Bonchev–Trinajstić information content (AvgIpc) is 2.94. The van der Waals surface area contributed by atoms with Crippen LogP contribution in [0.1, 0.15) is 5.82 Å². The maximum absolute atomic E-state index is 13.7. The standard InChI is InChI=1S/C15H13FN4O2S/c1-10-17-15(19-18-10)11-5-4-6-12(9-11)20-23(21,22)14-8-3-2-7-13(14)16/h2-9,20H,1H3,(H,17,18,19). The summed E-state index contributed by atoms with van der Waals surface area (Å²) in [6, 6.07) is 11.8. The summed E-state index contributed by atoms with van der Waals surface area (Å²) in [5.74, 6) is 0.299. The summed E-state index contributed by atoms with van der Waals surface area (Å²) < 4.78 is 40.6. The second-order valence-electron chi connectivity index (χ2n) is 4.86. The molecule has 0 aliphatic heterocycles. The summed E-state index contributed by atoms with van der Waals surface area (Å²) in [6.45, 7) is 1.77. The highest BCUT2D eigenvalue weighted by molar-refractivity contribution is 7.92. The molecule has 2 aromatic carbocycles. The van der Waals surface area contributed by atoms with E-state index in [4.69, 9.17) is 0 Å². The van der Waals surface area contributed by atoms with E-state index in [1.807, 2.05) is 0 Å². The van der Waals surface area contributed by atoms with E-state index in [0.717, 1.165) is 6.07 Å².